The van der Waals surface area contributed by atoms with Crippen LogP contribution < -0.4 is 10.6 Å². The van der Waals surface area contributed by atoms with Crippen LogP contribution in [0.15, 0.2) is 4.99 Å². The Labute approximate surface area is 135 Å². The average molecular weight is 310 g/mol. The summed E-state index contributed by atoms with van der Waals surface area (Å²) in [6.07, 6.45) is 6.33. The minimum absolute atomic E-state index is 0.744. The maximum Gasteiger partial charge on any atom is 0.191 e. The summed E-state index contributed by atoms with van der Waals surface area (Å²) in [7, 11) is 2.20. The van der Waals surface area contributed by atoms with Crippen molar-refractivity contribution in [3.63, 3.8) is 0 Å². The first-order chi connectivity index (χ1) is 10.8. The fourth-order valence-electron chi connectivity index (χ4n) is 2.72. The van der Waals surface area contributed by atoms with Crippen LogP contribution in [-0.2, 0) is 4.74 Å². The summed E-state index contributed by atoms with van der Waals surface area (Å²) < 4.78 is 5.66. The molecule has 1 saturated heterocycles. The van der Waals surface area contributed by atoms with Crippen LogP contribution in [0.3, 0.4) is 0 Å². The highest BCUT2D eigenvalue weighted by molar-refractivity contribution is 5.79. The smallest absolute Gasteiger partial charge is 0.191 e. The van der Waals surface area contributed by atoms with Gasteiger partial charge >= 0.3 is 0 Å². The van der Waals surface area contributed by atoms with Gasteiger partial charge in [-0.3, -0.25) is 4.99 Å². The quantitative estimate of drug-likeness (QED) is 0.387. The Balaban J connectivity index is 1.56. The van der Waals surface area contributed by atoms with Crippen molar-refractivity contribution in [1.29, 1.82) is 0 Å². The van der Waals surface area contributed by atoms with Gasteiger partial charge in [-0.15, -0.1) is 0 Å². The minimum Gasteiger partial charge on any atom is -0.381 e. The summed E-state index contributed by atoms with van der Waals surface area (Å²) in [4.78, 5) is 7.16. The maximum atomic E-state index is 5.66. The van der Waals surface area contributed by atoms with Gasteiger partial charge in [0.05, 0.1) is 0 Å². The predicted molar refractivity (Wildman–Crippen MR) is 92.4 cm³/mol. The minimum atomic E-state index is 0.744. The molecule has 2 aliphatic rings. The third kappa shape index (κ3) is 7.45. The predicted octanol–water partition coefficient (Wildman–Crippen LogP) is 1.70. The van der Waals surface area contributed by atoms with Crippen molar-refractivity contribution in [2.45, 2.75) is 39.0 Å². The van der Waals surface area contributed by atoms with E-state index in [9.17, 15) is 0 Å². The molecule has 0 aromatic rings. The number of piperidine rings is 1. The van der Waals surface area contributed by atoms with Crippen LogP contribution in [0.1, 0.15) is 39.0 Å². The number of ether oxygens (including phenoxy) is 1. The van der Waals surface area contributed by atoms with Crippen molar-refractivity contribution >= 4 is 5.96 Å². The second-order valence-corrected chi connectivity index (χ2v) is 6.76. The monoisotopic (exact) mass is 310 g/mol. The molecule has 1 aliphatic carbocycles. The molecule has 0 amide bonds. The Kier molecular flexibility index (Phi) is 8.02. The van der Waals surface area contributed by atoms with E-state index in [-0.39, 0.29) is 0 Å². The van der Waals surface area contributed by atoms with Crippen molar-refractivity contribution in [3.05, 3.63) is 0 Å². The number of guanidine groups is 1. The summed E-state index contributed by atoms with van der Waals surface area (Å²) in [5.74, 6) is 2.57. The SMILES string of the molecule is CCNC(=NCC1CCN(C)CC1)NCCCOCC1CC1. The number of nitrogens with one attached hydrogen (secondary N) is 2. The van der Waals surface area contributed by atoms with Gasteiger partial charge in [-0.1, -0.05) is 0 Å². The molecular weight excluding hydrogens is 276 g/mol. The third-order valence-corrected chi connectivity index (χ3v) is 4.50. The zero-order chi connectivity index (χ0) is 15.6. The Morgan fingerprint density at radius 1 is 1.14 bits per heavy atom. The Hall–Kier alpha value is -0.810. The van der Waals surface area contributed by atoms with Crippen LogP contribution in [0.25, 0.3) is 0 Å². The van der Waals surface area contributed by atoms with Crippen LogP contribution in [0, 0.1) is 11.8 Å². The van der Waals surface area contributed by atoms with E-state index in [1.807, 2.05) is 0 Å². The second-order valence-electron chi connectivity index (χ2n) is 6.76. The summed E-state index contributed by atoms with van der Waals surface area (Å²) in [6, 6.07) is 0. The van der Waals surface area contributed by atoms with E-state index in [2.05, 4.69) is 29.5 Å². The Morgan fingerprint density at radius 3 is 2.59 bits per heavy atom. The fraction of sp³-hybridized carbons (Fsp3) is 0.941. The van der Waals surface area contributed by atoms with Crippen molar-refractivity contribution in [2.75, 3.05) is 53.0 Å². The van der Waals surface area contributed by atoms with Gasteiger partial charge in [0.2, 0.25) is 0 Å². The third-order valence-electron chi connectivity index (χ3n) is 4.50. The van der Waals surface area contributed by atoms with Crippen LogP contribution in [0.4, 0.5) is 0 Å². The molecule has 2 fully saturated rings. The molecule has 2 N–H and O–H groups in total. The lowest BCUT2D eigenvalue weighted by molar-refractivity contribution is 0.123. The van der Waals surface area contributed by atoms with Gasteiger partial charge in [-0.25, -0.2) is 0 Å². The first-order valence-corrected chi connectivity index (χ1v) is 9.06. The summed E-state index contributed by atoms with van der Waals surface area (Å²) in [5.41, 5.74) is 0. The first kappa shape index (κ1) is 17.5. The second kappa shape index (κ2) is 10.1. The maximum absolute atomic E-state index is 5.66. The van der Waals surface area contributed by atoms with Gasteiger partial charge < -0.3 is 20.3 Å². The molecule has 5 nitrogen and oxygen atoms in total. The van der Waals surface area contributed by atoms with Crippen LogP contribution >= 0.6 is 0 Å². The summed E-state index contributed by atoms with van der Waals surface area (Å²) >= 11 is 0. The average Bonchev–Trinajstić information content (AvgIpc) is 3.34. The standard InChI is InChI=1S/C17H34N4O/c1-3-18-17(19-9-4-12-22-14-16-5-6-16)20-13-15-7-10-21(2)11-8-15/h15-16H,3-14H2,1-2H3,(H2,18,19,20). The first-order valence-electron chi connectivity index (χ1n) is 9.06. The van der Waals surface area contributed by atoms with Gasteiger partial charge in [0, 0.05) is 32.8 Å². The topological polar surface area (TPSA) is 48.9 Å². The van der Waals surface area contributed by atoms with E-state index < -0.39 is 0 Å². The van der Waals surface area contributed by atoms with Gasteiger partial charge in [-0.2, -0.15) is 0 Å². The lowest BCUT2D eigenvalue weighted by Gasteiger charge is -2.28. The zero-order valence-electron chi connectivity index (χ0n) is 14.4. The fourth-order valence-corrected chi connectivity index (χ4v) is 2.72. The molecule has 1 heterocycles. The molecule has 0 spiro atoms. The van der Waals surface area contributed by atoms with Crippen molar-refractivity contribution < 1.29 is 4.74 Å². The molecule has 0 aromatic carbocycles. The number of likely N-dealkylation sites (tertiary alicyclic amines) is 1. The molecule has 0 atom stereocenters. The zero-order valence-corrected chi connectivity index (χ0v) is 14.4. The number of hydrogen-bond donors (Lipinski definition) is 2. The van der Waals surface area contributed by atoms with E-state index in [1.165, 1.54) is 38.8 Å². The molecule has 1 aliphatic heterocycles. The number of nitrogens with zero attached hydrogens (tertiary/aromatic N) is 2. The lowest BCUT2D eigenvalue weighted by atomic mass is 9.97. The molecule has 0 unspecified atom stereocenters. The molecular formula is C17H34N4O. The van der Waals surface area contributed by atoms with Gasteiger partial charge in [0.25, 0.3) is 0 Å². The molecule has 2 rings (SSSR count). The van der Waals surface area contributed by atoms with E-state index in [1.54, 1.807) is 0 Å². The lowest BCUT2D eigenvalue weighted by Crippen LogP contribution is -2.39. The molecule has 22 heavy (non-hydrogen) atoms. The number of hydrogen-bond acceptors (Lipinski definition) is 3. The highest BCUT2D eigenvalue weighted by Crippen LogP contribution is 2.28. The van der Waals surface area contributed by atoms with Crippen LogP contribution in [-0.4, -0.2) is 63.8 Å². The largest absolute Gasteiger partial charge is 0.381 e. The van der Waals surface area contributed by atoms with E-state index >= 15 is 0 Å². The van der Waals surface area contributed by atoms with Gasteiger partial charge in [0.1, 0.15) is 0 Å². The highest BCUT2D eigenvalue weighted by Gasteiger charge is 2.20. The Morgan fingerprint density at radius 2 is 1.91 bits per heavy atom. The van der Waals surface area contributed by atoms with Crippen LogP contribution in [0.5, 0.6) is 0 Å². The molecule has 128 valence electrons. The van der Waals surface area contributed by atoms with E-state index in [0.717, 1.165) is 57.1 Å². The van der Waals surface area contributed by atoms with Gasteiger partial charge in [0.15, 0.2) is 5.96 Å². The number of rotatable bonds is 9. The van der Waals surface area contributed by atoms with Crippen molar-refractivity contribution in [1.82, 2.24) is 15.5 Å². The molecule has 1 saturated carbocycles. The number of aliphatic imine (C=N–C) groups is 1. The summed E-state index contributed by atoms with van der Waals surface area (Å²) in [6.45, 7) is 9.15. The van der Waals surface area contributed by atoms with Crippen molar-refractivity contribution in [2.24, 2.45) is 16.8 Å². The Bertz CT molecular complexity index is 323. The van der Waals surface area contributed by atoms with Crippen molar-refractivity contribution in [3.8, 4) is 0 Å². The molecule has 0 radical (unpaired) electrons. The van der Waals surface area contributed by atoms with E-state index in [4.69, 9.17) is 9.73 Å². The highest BCUT2D eigenvalue weighted by atomic mass is 16.5. The molecule has 5 heteroatoms. The normalized spacial score (nSPS) is 21.1. The molecule has 0 aromatic heterocycles. The van der Waals surface area contributed by atoms with Gasteiger partial charge in [-0.05, 0) is 71.0 Å². The van der Waals surface area contributed by atoms with Crippen LogP contribution in [0.2, 0.25) is 0 Å². The summed E-state index contributed by atoms with van der Waals surface area (Å²) in [5, 5.41) is 6.76. The molecule has 0 bridgehead atoms. The van der Waals surface area contributed by atoms with E-state index in [0.29, 0.717) is 0 Å².